The molecule has 1 fully saturated rings. The molecule has 1 amide bonds. The van der Waals surface area contributed by atoms with Crippen LogP contribution in [0.3, 0.4) is 0 Å². The second-order valence-electron chi connectivity index (χ2n) is 3.70. The summed E-state index contributed by atoms with van der Waals surface area (Å²) in [6.07, 6.45) is -3.92. The normalized spacial score (nSPS) is 16.5. The third-order valence-corrected chi connectivity index (χ3v) is 2.50. The highest BCUT2D eigenvalue weighted by Crippen LogP contribution is 2.27. The van der Waals surface area contributed by atoms with E-state index < -0.39 is 24.1 Å². The first-order valence-electron chi connectivity index (χ1n) is 4.79. The van der Waals surface area contributed by atoms with Gasteiger partial charge in [0.1, 0.15) is 6.33 Å². The number of carboxylic acids is 1. The van der Waals surface area contributed by atoms with E-state index in [1.54, 1.807) is 0 Å². The summed E-state index contributed by atoms with van der Waals surface area (Å²) in [5.41, 5.74) is 0. The van der Waals surface area contributed by atoms with E-state index in [-0.39, 0.29) is 18.9 Å². The standard InChI is InChI=1S/C8H7F3N4O3/c9-8(10,11)7(18)14-1-4(2-14)15-5(6(16)17)12-3-13-15/h3-4H,1-2H2,(H,16,17). The van der Waals surface area contributed by atoms with Gasteiger partial charge in [0.05, 0.1) is 6.04 Å². The van der Waals surface area contributed by atoms with Crippen molar-refractivity contribution < 1.29 is 27.9 Å². The van der Waals surface area contributed by atoms with Crippen LogP contribution in [0.25, 0.3) is 0 Å². The Morgan fingerprint density at radius 2 is 2.00 bits per heavy atom. The van der Waals surface area contributed by atoms with Crippen molar-refractivity contribution >= 4 is 11.9 Å². The van der Waals surface area contributed by atoms with Crippen LogP contribution in [0.15, 0.2) is 6.33 Å². The molecule has 7 nitrogen and oxygen atoms in total. The number of likely N-dealkylation sites (tertiary alicyclic amines) is 1. The minimum atomic E-state index is -4.91. The maximum absolute atomic E-state index is 12.1. The van der Waals surface area contributed by atoms with Gasteiger partial charge in [-0.1, -0.05) is 0 Å². The highest BCUT2D eigenvalue weighted by Gasteiger charge is 2.47. The van der Waals surface area contributed by atoms with Gasteiger partial charge in [0.2, 0.25) is 5.82 Å². The lowest BCUT2D eigenvalue weighted by Gasteiger charge is -2.39. The third-order valence-electron chi connectivity index (χ3n) is 2.50. The molecule has 0 bridgehead atoms. The summed E-state index contributed by atoms with van der Waals surface area (Å²) in [6.45, 7) is -0.468. The second kappa shape index (κ2) is 3.96. The third kappa shape index (κ3) is 2.00. The minimum absolute atomic E-state index is 0.234. The lowest BCUT2D eigenvalue weighted by molar-refractivity contribution is -0.191. The zero-order valence-electron chi connectivity index (χ0n) is 8.76. The fraction of sp³-hybridized carbons (Fsp3) is 0.500. The van der Waals surface area contributed by atoms with Crippen molar-refractivity contribution in [2.45, 2.75) is 12.2 Å². The van der Waals surface area contributed by atoms with E-state index in [9.17, 15) is 22.8 Å². The predicted octanol–water partition coefficient (Wildman–Crippen LogP) is -0.0781. The van der Waals surface area contributed by atoms with Gasteiger partial charge in [-0.25, -0.2) is 14.5 Å². The van der Waals surface area contributed by atoms with E-state index in [0.717, 1.165) is 11.0 Å². The Morgan fingerprint density at radius 3 is 2.50 bits per heavy atom. The predicted molar refractivity (Wildman–Crippen MR) is 48.7 cm³/mol. The molecule has 1 aliphatic rings. The van der Waals surface area contributed by atoms with E-state index in [1.807, 2.05) is 0 Å². The van der Waals surface area contributed by atoms with Crippen LogP contribution in [0, 0.1) is 0 Å². The molecule has 10 heteroatoms. The number of hydrogen-bond acceptors (Lipinski definition) is 4. The minimum Gasteiger partial charge on any atom is -0.475 e. The summed E-state index contributed by atoms with van der Waals surface area (Å²) < 4.78 is 37.2. The zero-order valence-corrected chi connectivity index (χ0v) is 8.76. The molecule has 0 saturated carbocycles. The molecule has 0 unspecified atom stereocenters. The topological polar surface area (TPSA) is 88.3 Å². The molecule has 2 heterocycles. The SMILES string of the molecule is O=C(O)c1ncnn1C1CN(C(=O)C(F)(F)F)C1. The molecule has 18 heavy (non-hydrogen) atoms. The average molecular weight is 264 g/mol. The summed E-state index contributed by atoms with van der Waals surface area (Å²) in [6, 6.07) is -0.593. The van der Waals surface area contributed by atoms with Gasteiger partial charge in [-0.3, -0.25) is 4.79 Å². The van der Waals surface area contributed by atoms with Crippen molar-refractivity contribution in [2.75, 3.05) is 13.1 Å². The monoisotopic (exact) mass is 264 g/mol. The molecule has 0 spiro atoms. The van der Waals surface area contributed by atoms with Gasteiger partial charge >= 0.3 is 18.1 Å². The van der Waals surface area contributed by atoms with Gasteiger partial charge in [-0.2, -0.15) is 18.3 Å². The maximum Gasteiger partial charge on any atom is 0.471 e. The molecule has 1 aromatic rings. The number of carboxylic acid groups (broad SMARTS) is 1. The summed E-state index contributed by atoms with van der Waals surface area (Å²) in [4.78, 5) is 25.6. The first kappa shape index (κ1) is 12.3. The molecule has 1 aliphatic heterocycles. The summed E-state index contributed by atoms with van der Waals surface area (Å²) in [7, 11) is 0. The van der Waals surface area contributed by atoms with Crippen molar-refractivity contribution in [1.82, 2.24) is 19.7 Å². The number of aromatic carboxylic acids is 1. The molecule has 0 aliphatic carbocycles. The van der Waals surface area contributed by atoms with Crippen LogP contribution in [0.4, 0.5) is 13.2 Å². The molecule has 1 N–H and O–H groups in total. The molecule has 0 aromatic carbocycles. The van der Waals surface area contributed by atoms with Crippen LogP contribution in [0.2, 0.25) is 0 Å². The summed E-state index contributed by atoms with van der Waals surface area (Å²) >= 11 is 0. The fourth-order valence-electron chi connectivity index (χ4n) is 1.63. The number of nitrogens with zero attached hydrogens (tertiary/aromatic N) is 4. The average Bonchev–Trinajstić information content (AvgIpc) is 2.62. The molecular weight excluding hydrogens is 257 g/mol. The Balaban J connectivity index is 2.03. The second-order valence-corrected chi connectivity index (χ2v) is 3.70. The lowest BCUT2D eigenvalue weighted by atomic mass is 10.1. The number of amides is 1. The van der Waals surface area contributed by atoms with Crippen molar-refractivity contribution in [3.05, 3.63) is 12.2 Å². The highest BCUT2D eigenvalue weighted by molar-refractivity contribution is 5.84. The lowest BCUT2D eigenvalue weighted by Crippen LogP contribution is -2.55. The van der Waals surface area contributed by atoms with Gasteiger partial charge in [0.25, 0.3) is 0 Å². The van der Waals surface area contributed by atoms with E-state index in [1.165, 1.54) is 0 Å². The van der Waals surface area contributed by atoms with E-state index in [2.05, 4.69) is 10.1 Å². The van der Waals surface area contributed by atoms with Crippen molar-refractivity contribution in [3.63, 3.8) is 0 Å². The Bertz CT molecular complexity index is 492. The number of aromatic nitrogens is 3. The van der Waals surface area contributed by atoms with Crippen molar-refractivity contribution in [2.24, 2.45) is 0 Å². The zero-order chi connectivity index (χ0) is 13.5. The largest absolute Gasteiger partial charge is 0.475 e. The molecular formula is C8H7F3N4O3. The number of rotatable bonds is 2. The van der Waals surface area contributed by atoms with Crippen LogP contribution >= 0.6 is 0 Å². The van der Waals surface area contributed by atoms with Crippen molar-refractivity contribution in [1.29, 1.82) is 0 Å². The van der Waals surface area contributed by atoms with Crippen LogP contribution in [0.1, 0.15) is 16.7 Å². The van der Waals surface area contributed by atoms with Gasteiger partial charge in [-0.15, -0.1) is 0 Å². The van der Waals surface area contributed by atoms with Crippen LogP contribution < -0.4 is 0 Å². The number of hydrogen-bond donors (Lipinski definition) is 1. The first-order chi connectivity index (χ1) is 8.30. The van der Waals surface area contributed by atoms with E-state index in [4.69, 9.17) is 5.11 Å². The smallest absolute Gasteiger partial charge is 0.471 e. The Morgan fingerprint density at radius 1 is 1.39 bits per heavy atom. The van der Waals surface area contributed by atoms with Crippen molar-refractivity contribution in [3.8, 4) is 0 Å². The van der Waals surface area contributed by atoms with Crippen LogP contribution in [0.5, 0.6) is 0 Å². The van der Waals surface area contributed by atoms with E-state index >= 15 is 0 Å². The Hall–Kier alpha value is -2.13. The van der Waals surface area contributed by atoms with Gasteiger partial charge in [0.15, 0.2) is 0 Å². The van der Waals surface area contributed by atoms with Crippen LogP contribution in [-0.4, -0.2) is 55.9 Å². The Labute approximate surface area is 97.8 Å². The summed E-state index contributed by atoms with van der Waals surface area (Å²) in [5.74, 6) is -3.62. The number of halogens is 3. The Kier molecular flexibility index (Phi) is 2.71. The molecule has 1 saturated heterocycles. The van der Waals surface area contributed by atoms with Crippen LogP contribution in [-0.2, 0) is 4.79 Å². The fourth-order valence-corrected chi connectivity index (χ4v) is 1.63. The van der Waals surface area contributed by atoms with Gasteiger partial charge in [0, 0.05) is 13.1 Å². The number of alkyl halides is 3. The summed E-state index contributed by atoms with van der Waals surface area (Å²) in [5, 5.41) is 12.4. The molecule has 0 radical (unpaired) electrons. The van der Waals surface area contributed by atoms with E-state index in [0.29, 0.717) is 4.90 Å². The highest BCUT2D eigenvalue weighted by atomic mass is 19.4. The number of carbonyl (C=O) groups excluding carboxylic acids is 1. The first-order valence-corrected chi connectivity index (χ1v) is 4.79. The quantitative estimate of drug-likeness (QED) is 0.807. The molecule has 1 aromatic heterocycles. The van der Waals surface area contributed by atoms with Gasteiger partial charge < -0.3 is 10.0 Å². The molecule has 2 rings (SSSR count). The molecule has 0 atom stereocenters. The van der Waals surface area contributed by atoms with Gasteiger partial charge in [-0.05, 0) is 0 Å². The molecule has 98 valence electrons. The number of carbonyl (C=O) groups is 2. The maximum atomic E-state index is 12.1.